The molecule has 2 aliphatic carbocycles. The second-order valence-corrected chi connectivity index (χ2v) is 4.46. The van der Waals surface area contributed by atoms with E-state index in [0.29, 0.717) is 5.41 Å². The van der Waals surface area contributed by atoms with Crippen molar-refractivity contribution >= 4 is 0 Å². The van der Waals surface area contributed by atoms with Gasteiger partial charge in [0.1, 0.15) is 0 Å². The number of allylic oxidation sites excluding steroid dienone is 2. The molecule has 1 fully saturated rings. The van der Waals surface area contributed by atoms with Crippen molar-refractivity contribution in [1.82, 2.24) is 0 Å². The Morgan fingerprint density at radius 2 is 2.20 bits per heavy atom. The monoisotopic (exact) mass is 136 g/mol. The van der Waals surface area contributed by atoms with Crippen molar-refractivity contribution in [3.8, 4) is 0 Å². The first-order valence-electron chi connectivity index (χ1n) is 4.31. The highest BCUT2D eigenvalue weighted by molar-refractivity contribution is 5.24. The Morgan fingerprint density at radius 3 is 2.50 bits per heavy atom. The lowest BCUT2D eigenvalue weighted by atomic mass is 9.72. The van der Waals surface area contributed by atoms with Crippen molar-refractivity contribution in [2.45, 2.75) is 33.6 Å². The summed E-state index contributed by atoms with van der Waals surface area (Å²) in [6.07, 6.45) is 5.21. The number of rotatable bonds is 0. The van der Waals surface area contributed by atoms with Crippen molar-refractivity contribution in [2.75, 3.05) is 0 Å². The van der Waals surface area contributed by atoms with Crippen molar-refractivity contribution in [2.24, 2.45) is 17.3 Å². The second-order valence-electron chi connectivity index (χ2n) is 4.46. The SMILES string of the molecule is CC1C2=CCC(C2)C1(C)C. The average molecular weight is 136 g/mol. The van der Waals surface area contributed by atoms with E-state index in [0.717, 1.165) is 11.8 Å². The molecule has 0 N–H and O–H groups in total. The molecule has 0 aromatic carbocycles. The molecule has 0 heteroatoms. The van der Waals surface area contributed by atoms with E-state index < -0.39 is 0 Å². The third-order valence-corrected chi connectivity index (χ3v) is 3.87. The van der Waals surface area contributed by atoms with Gasteiger partial charge in [0.05, 0.1) is 0 Å². The van der Waals surface area contributed by atoms with Crippen LogP contribution in [0.1, 0.15) is 33.6 Å². The van der Waals surface area contributed by atoms with Gasteiger partial charge in [-0.2, -0.15) is 0 Å². The van der Waals surface area contributed by atoms with Crippen LogP contribution >= 0.6 is 0 Å². The zero-order valence-electron chi connectivity index (χ0n) is 7.15. The van der Waals surface area contributed by atoms with Crippen molar-refractivity contribution < 1.29 is 0 Å². The Hall–Kier alpha value is -0.260. The smallest absolute Gasteiger partial charge is 0.0177 e. The normalized spacial score (nSPS) is 42.1. The minimum atomic E-state index is 0.601. The second kappa shape index (κ2) is 1.66. The van der Waals surface area contributed by atoms with Crippen LogP contribution < -0.4 is 0 Å². The summed E-state index contributed by atoms with van der Waals surface area (Å²) < 4.78 is 0. The first-order valence-corrected chi connectivity index (χ1v) is 4.31. The molecule has 0 radical (unpaired) electrons. The Labute approximate surface area is 63.3 Å². The van der Waals surface area contributed by atoms with E-state index in [1.54, 1.807) is 5.57 Å². The predicted molar refractivity (Wildman–Crippen MR) is 43.8 cm³/mol. The maximum absolute atomic E-state index is 2.46. The van der Waals surface area contributed by atoms with Crippen LogP contribution in [-0.4, -0.2) is 0 Å². The van der Waals surface area contributed by atoms with Crippen LogP contribution in [0.5, 0.6) is 0 Å². The first kappa shape index (κ1) is 6.45. The number of hydrogen-bond donors (Lipinski definition) is 0. The van der Waals surface area contributed by atoms with E-state index in [9.17, 15) is 0 Å². The fourth-order valence-electron chi connectivity index (χ4n) is 2.50. The summed E-state index contributed by atoms with van der Waals surface area (Å²) in [5.74, 6) is 1.82. The summed E-state index contributed by atoms with van der Waals surface area (Å²) in [7, 11) is 0. The van der Waals surface area contributed by atoms with Gasteiger partial charge in [-0.3, -0.25) is 0 Å². The van der Waals surface area contributed by atoms with Gasteiger partial charge in [0.2, 0.25) is 0 Å². The van der Waals surface area contributed by atoms with Crippen LogP contribution in [0.25, 0.3) is 0 Å². The summed E-state index contributed by atoms with van der Waals surface area (Å²) in [5.41, 5.74) is 2.33. The van der Waals surface area contributed by atoms with Crippen molar-refractivity contribution in [1.29, 1.82) is 0 Å². The van der Waals surface area contributed by atoms with Crippen LogP contribution in [0.15, 0.2) is 11.6 Å². The summed E-state index contributed by atoms with van der Waals surface area (Å²) in [6.45, 7) is 7.22. The Morgan fingerprint density at radius 1 is 1.50 bits per heavy atom. The molecular formula is C10H16. The summed E-state index contributed by atoms with van der Waals surface area (Å²) in [6, 6.07) is 0. The van der Waals surface area contributed by atoms with Gasteiger partial charge in [0.25, 0.3) is 0 Å². The predicted octanol–water partition coefficient (Wildman–Crippen LogP) is 3.00. The summed E-state index contributed by atoms with van der Waals surface area (Å²) >= 11 is 0. The Balaban J connectivity index is 2.37. The standard InChI is InChI=1S/C10H16/c1-7-8-4-5-9(6-8)10(7,2)3/h4,7,9H,5-6H2,1-3H3. The molecule has 0 saturated heterocycles. The van der Waals surface area contributed by atoms with E-state index in [2.05, 4.69) is 26.8 Å². The lowest BCUT2D eigenvalue weighted by Crippen LogP contribution is -2.24. The van der Waals surface area contributed by atoms with Crippen LogP contribution in [-0.2, 0) is 0 Å². The zero-order chi connectivity index (χ0) is 7.35. The molecule has 0 aromatic heterocycles. The molecule has 2 bridgehead atoms. The molecular weight excluding hydrogens is 120 g/mol. The highest BCUT2D eigenvalue weighted by atomic mass is 14.5. The van der Waals surface area contributed by atoms with Crippen LogP contribution in [0.2, 0.25) is 0 Å². The van der Waals surface area contributed by atoms with Gasteiger partial charge in [-0.05, 0) is 30.1 Å². The van der Waals surface area contributed by atoms with Crippen LogP contribution in [0.3, 0.4) is 0 Å². The molecule has 0 amide bonds. The van der Waals surface area contributed by atoms with E-state index in [-0.39, 0.29) is 0 Å². The van der Waals surface area contributed by atoms with E-state index >= 15 is 0 Å². The zero-order valence-corrected chi connectivity index (χ0v) is 7.15. The Bertz CT molecular complexity index is 186. The summed E-state index contributed by atoms with van der Waals surface area (Å²) in [4.78, 5) is 0. The molecule has 0 heterocycles. The molecule has 0 nitrogen and oxygen atoms in total. The number of hydrogen-bond acceptors (Lipinski definition) is 0. The van der Waals surface area contributed by atoms with E-state index in [1.807, 2.05) is 0 Å². The number of fused-ring (bicyclic) bond motifs is 2. The molecule has 2 aliphatic rings. The third-order valence-electron chi connectivity index (χ3n) is 3.87. The van der Waals surface area contributed by atoms with E-state index in [1.165, 1.54) is 12.8 Å². The highest BCUT2D eigenvalue weighted by Crippen LogP contribution is 2.55. The summed E-state index contributed by atoms with van der Waals surface area (Å²) in [5, 5.41) is 0. The topological polar surface area (TPSA) is 0 Å². The highest BCUT2D eigenvalue weighted by Gasteiger charge is 2.45. The maximum Gasteiger partial charge on any atom is -0.0177 e. The first-order chi connectivity index (χ1) is 4.62. The fourth-order valence-corrected chi connectivity index (χ4v) is 2.50. The van der Waals surface area contributed by atoms with Gasteiger partial charge < -0.3 is 0 Å². The molecule has 10 heavy (non-hydrogen) atoms. The molecule has 0 aliphatic heterocycles. The fraction of sp³-hybridized carbons (Fsp3) is 0.800. The van der Waals surface area contributed by atoms with Gasteiger partial charge in [-0.25, -0.2) is 0 Å². The lowest BCUT2D eigenvalue weighted by Gasteiger charge is -2.32. The van der Waals surface area contributed by atoms with Gasteiger partial charge in [-0.1, -0.05) is 32.4 Å². The van der Waals surface area contributed by atoms with Gasteiger partial charge in [-0.15, -0.1) is 0 Å². The molecule has 0 aromatic rings. The minimum Gasteiger partial charge on any atom is -0.0847 e. The molecule has 2 unspecified atom stereocenters. The molecule has 1 saturated carbocycles. The van der Waals surface area contributed by atoms with Gasteiger partial charge in [0.15, 0.2) is 0 Å². The third kappa shape index (κ3) is 0.574. The van der Waals surface area contributed by atoms with Crippen LogP contribution in [0.4, 0.5) is 0 Å². The quantitative estimate of drug-likeness (QED) is 0.449. The van der Waals surface area contributed by atoms with Crippen molar-refractivity contribution in [3.05, 3.63) is 11.6 Å². The Kier molecular flexibility index (Phi) is 1.07. The minimum absolute atomic E-state index is 0.601. The van der Waals surface area contributed by atoms with E-state index in [4.69, 9.17) is 0 Å². The largest absolute Gasteiger partial charge is 0.0847 e. The molecule has 2 rings (SSSR count). The molecule has 56 valence electrons. The van der Waals surface area contributed by atoms with Gasteiger partial charge in [0, 0.05) is 0 Å². The molecule has 0 spiro atoms. The van der Waals surface area contributed by atoms with Crippen molar-refractivity contribution in [3.63, 3.8) is 0 Å². The molecule has 2 atom stereocenters. The average Bonchev–Trinajstić information content (AvgIpc) is 2.37. The maximum atomic E-state index is 2.46. The lowest BCUT2D eigenvalue weighted by molar-refractivity contribution is 0.199. The van der Waals surface area contributed by atoms with Crippen LogP contribution in [0, 0.1) is 17.3 Å². The van der Waals surface area contributed by atoms with Gasteiger partial charge >= 0.3 is 0 Å².